The van der Waals surface area contributed by atoms with E-state index in [9.17, 15) is 14.4 Å². The first-order valence-electron chi connectivity index (χ1n) is 11.1. The highest BCUT2D eigenvalue weighted by Gasteiger charge is 2.18. The monoisotopic (exact) mass is 473 g/mol. The molecule has 1 heterocycles. The molecule has 35 heavy (non-hydrogen) atoms. The van der Waals surface area contributed by atoms with Gasteiger partial charge in [-0.3, -0.25) is 18.7 Å². The molecule has 8 nitrogen and oxygen atoms in total. The zero-order valence-electron chi connectivity index (χ0n) is 20.1. The van der Waals surface area contributed by atoms with Crippen LogP contribution in [0.25, 0.3) is 10.9 Å². The van der Waals surface area contributed by atoms with Gasteiger partial charge < -0.3 is 14.8 Å². The van der Waals surface area contributed by atoms with Crippen molar-refractivity contribution in [3.63, 3.8) is 0 Å². The summed E-state index contributed by atoms with van der Waals surface area (Å²) in [5, 5.41) is 2.92. The van der Waals surface area contributed by atoms with Crippen molar-refractivity contribution in [1.29, 1.82) is 0 Å². The van der Waals surface area contributed by atoms with E-state index in [4.69, 9.17) is 9.47 Å². The second kappa shape index (κ2) is 9.89. The average Bonchev–Trinajstić information content (AvgIpc) is 2.88. The van der Waals surface area contributed by atoms with E-state index in [1.165, 1.54) is 18.8 Å². The number of nitrogens with zero attached hydrogens (tertiary/aromatic N) is 2. The number of carbonyl (C=O) groups is 1. The summed E-state index contributed by atoms with van der Waals surface area (Å²) in [6.07, 6.45) is 0. The third-order valence-corrected chi connectivity index (χ3v) is 5.94. The molecule has 0 fully saturated rings. The van der Waals surface area contributed by atoms with Crippen LogP contribution in [-0.2, 0) is 13.1 Å². The van der Waals surface area contributed by atoms with Gasteiger partial charge in [0.05, 0.1) is 38.2 Å². The molecule has 0 saturated carbocycles. The van der Waals surface area contributed by atoms with Crippen LogP contribution >= 0.6 is 0 Å². The first-order valence-corrected chi connectivity index (χ1v) is 11.1. The van der Waals surface area contributed by atoms with Gasteiger partial charge >= 0.3 is 5.69 Å². The lowest BCUT2D eigenvalue weighted by Crippen LogP contribution is -2.40. The van der Waals surface area contributed by atoms with Gasteiger partial charge in [0.15, 0.2) is 11.5 Å². The molecule has 0 radical (unpaired) electrons. The van der Waals surface area contributed by atoms with Crippen molar-refractivity contribution in [3.05, 3.63) is 104 Å². The van der Waals surface area contributed by atoms with Crippen LogP contribution in [0.2, 0.25) is 0 Å². The minimum absolute atomic E-state index is 0.0593. The van der Waals surface area contributed by atoms with Gasteiger partial charge in [0.2, 0.25) is 0 Å². The first-order chi connectivity index (χ1) is 16.9. The van der Waals surface area contributed by atoms with E-state index >= 15 is 0 Å². The second-order valence-electron chi connectivity index (χ2n) is 8.25. The molecular formula is C27H27N3O5. The van der Waals surface area contributed by atoms with Gasteiger partial charge in [-0.25, -0.2) is 4.79 Å². The number of hydrogen-bond donors (Lipinski definition) is 1. The van der Waals surface area contributed by atoms with Gasteiger partial charge in [0, 0.05) is 18.7 Å². The Kier molecular flexibility index (Phi) is 6.73. The first kappa shape index (κ1) is 23.8. The van der Waals surface area contributed by atoms with E-state index in [1.54, 1.807) is 48.0 Å². The molecule has 8 heteroatoms. The molecule has 0 unspecified atom stereocenters. The van der Waals surface area contributed by atoms with Gasteiger partial charge in [-0.2, -0.15) is 0 Å². The maximum absolute atomic E-state index is 13.7. The van der Waals surface area contributed by atoms with Crippen LogP contribution in [0, 0.1) is 6.92 Å². The molecule has 0 aliphatic carbocycles. The second-order valence-corrected chi connectivity index (χ2v) is 8.25. The smallest absolute Gasteiger partial charge is 0.332 e. The van der Waals surface area contributed by atoms with E-state index in [2.05, 4.69) is 5.32 Å². The van der Waals surface area contributed by atoms with E-state index < -0.39 is 11.2 Å². The summed E-state index contributed by atoms with van der Waals surface area (Å²) >= 11 is 0. The Bertz CT molecular complexity index is 1520. The van der Waals surface area contributed by atoms with Gasteiger partial charge in [-0.15, -0.1) is 0 Å². The highest BCUT2D eigenvalue weighted by Crippen LogP contribution is 2.30. The minimum atomic E-state index is -0.438. The maximum atomic E-state index is 13.7. The minimum Gasteiger partial charge on any atom is -0.493 e. The molecule has 180 valence electrons. The topological polar surface area (TPSA) is 91.6 Å². The van der Waals surface area contributed by atoms with Crippen LogP contribution in [0.1, 0.15) is 27.0 Å². The Morgan fingerprint density at radius 3 is 2.14 bits per heavy atom. The molecule has 4 rings (SSSR count). The maximum Gasteiger partial charge on any atom is 0.332 e. The molecule has 4 aromatic rings. The van der Waals surface area contributed by atoms with E-state index in [-0.39, 0.29) is 19.0 Å². The number of aryl methyl sites for hydroxylation is 1. The standard InChI is InChI=1S/C27H27N3O5/c1-17-6-5-7-19(12-17)16-29-22-14-24(35-4)23(34-3)13-21(22)26(32)30(27(29)33)15-18-8-10-20(11-9-18)25(31)28-2/h5-14H,15-16H2,1-4H3,(H,28,31). The number of aromatic nitrogens is 2. The quantitative estimate of drug-likeness (QED) is 0.446. The average molecular weight is 474 g/mol. The Hall–Kier alpha value is -4.33. The Morgan fingerprint density at radius 2 is 1.51 bits per heavy atom. The fourth-order valence-electron chi connectivity index (χ4n) is 4.12. The molecule has 1 aromatic heterocycles. The van der Waals surface area contributed by atoms with Crippen molar-refractivity contribution >= 4 is 16.8 Å². The number of benzene rings is 3. The lowest BCUT2D eigenvalue weighted by atomic mass is 10.1. The molecular weight excluding hydrogens is 446 g/mol. The van der Waals surface area contributed by atoms with Crippen LogP contribution in [0.3, 0.4) is 0 Å². The van der Waals surface area contributed by atoms with Crippen LogP contribution < -0.4 is 26.0 Å². The number of carbonyl (C=O) groups excluding carboxylic acids is 1. The van der Waals surface area contributed by atoms with Crippen LogP contribution in [0.15, 0.2) is 70.3 Å². The van der Waals surface area contributed by atoms with Crippen molar-refractivity contribution in [3.8, 4) is 11.5 Å². The predicted molar refractivity (Wildman–Crippen MR) is 135 cm³/mol. The molecule has 0 saturated heterocycles. The van der Waals surface area contributed by atoms with Gasteiger partial charge in [-0.1, -0.05) is 42.0 Å². The molecule has 0 bridgehead atoms. The third-order valence-electron chi connectivity index (χ3n) is 5.94. The van der Waals surface area contributed by atoms with Crippen molar-refractivity contribution in [1.82, 2.24) is 14.5 Å². The number of fused-ring (bicyclic) bond motifs is 1. The van der Waals surface area contributed by atoms with Crippen molar-refractivity contribution in [2.75, 3.05) is 21.3 Å². The normalized spacial score (nSPS) is 10.9. The zero-order chi connectivity index (χ0) is 25.1. The van der Waals surface area contributed by atoms with Crippen molar-refractivity contribution in [2.24, 2.45) is 0 Å². The molecule has 0 spiro atoms. The SMILES string of the molecule is CNC(=O)c1ccc(Cn2c(=O)c3cc(OC)c(OC)cc3n(Cc3cccc(C)c3)c2=O)cc1. The summed E-state index contributed by atoms with van der Waals surface area (Å²) in [7, 11) is 4.57. The highest BCUT2D eigenvalue weighted by molar-refractivity contribution is 5.93. The highest BCUT2D eigenvalue weighted by atomic mass is 16.5. The van der Waals surface area contributed by atoms with Gasteiger partial charge in [0.1, 0.15) is 0 Å². The van der Waals surface area contributed by atoms with E-state index in [0.717, 1.165) is 16.7 Å². The molecule has 0 aliphatic heterocycles. The summed E-state index contributed by atoms with van der Waals surface area (Å²) in [6.45, 7) is 2.33. The van der Waals surface area contributed by atoms with Crippen LogP contribution in [0.4, 0.5) is 0 Å². The molecule has 0 atom stereocenters. The fourth-order valence-corrected chi connectivity index (χ4v) is 4.12. The molecule has 3 aromatic carbocycles. The summed E-state index contributed by atoms with van der Waals surface area (Å²) in [5.74, 6) is 0.625. The summed E-state index contributed by atoms with van der Waals surface area (Å²) in [5.41, 5.74) is 2.82. The molecule has 1 N–H and O–H groups in total. The van der Waals surface area contributed by atoms with E-state index in [0.29, 0.717) is 28.0 Å². The van der Waals surface area contributed by atoms with Crippen molar-refractivity contribution in [2.45, 2.75) is 20.0 Å². The Labute approximate surface area is 202 Å². The fraction of sp³-hybridized carbons (Fsp3) is 0.222. The number of hydrogen-bond acceptors (Lipinski definition) is 5. The molecule has 0 aliphatic rings. The van der Waals surface area contributed by atoms with Gasteiger partial charge in [0.25, 0.3) is 11.5 Å². The largest absolute Gasteiger partial charge is 0.493 e. The third kappa shape index (κ3) is 4.68. The van der Waals surface area contributed by atoms with Crippen LogP contribution in [-0.4, -0.2) is 36.3 Å². The van der Waals surface area contributed by atoms with Crippen molar-refractivity contribution < 1.29 is 14.3 Å². The number of methoxy groups -OCH3 is 2. The Balaban J connectivity index is 1.91. The molecule has 1 amide bonds. The lowest BCUT2D eigenvalue weighted by Gasteiger charge is -2.17. The number of rotatable bonds is 7. The summed E-state index contributed by atoms with van der Waals surface area (Å²) in [6, 6.07) is 17.9. The Morgan fingerprint density at radius 1 is 0.857 bits per heavy atom. The summed E-state index contributed by atoms with van der Waals surface area (Å²) in [4.78, 5) is 39.0. The zero-order valence-corrected chi connectivity index (χ0v) is 20.1. The van der Waals surface area contributed by atoms with Crippen LogP contribution in [0.5, 0.6) is 11.5 Å². The summed E-state index contributed by atoms with van der Waals surface area (Å²) < 4.78 is 13.6. The lowest BCUT2D eigenvalue weighted by molar-refractivity contribution is 0.0963. The van der Waals surface area contributed by atoms with E-state index in [1.807, 2.05) is 31.2 Å². The van der Waals surface area contributed by atoms with Gasteiger partial charge in [-0.05, 0) is 36.2 Å². The number of amides is 1. The number of ether oxygens (including phenoxy) is 2. The number of nitrogens with one attached hydrogen (secondary N) is 1. The predicted octanol–water partition coefficient (Wildman–Crippen LogP) is 2.95.